The molecular weight excluding hydrogens is 496 g/mol. The Labute approximate surface area is 231 Å². The topological polar surface area (TPSA) is 131 Å². The molecule has 4 amide bonds. The van der Waals surface area contributed by atoms with Gasteiger partial charge in [-0.25, -0.2) is 4.79 Å². The maximum absolute atomic E-state index is 14.2. The molecular formula is C30H42N4O5. The van der Waals surface area contributed by atoms with Crippen molar-refractivity contribution in [2.24, 2.45) is 5.73 Å². The molecule has 0 aliphatic rings. The van der Waals surface area contributed by atoms with Crippen molar-refractivity contribution in [3.63, 3.8) is 0 Å². The summed E-state index contributed by atoms with van der Waals surface area (Å²) >= 11 is 0. The van der Waals surface area contributed by atoms with Crippen molar-refractivity contribution in [2.45, 2.75) is 92.0 Å². The van der Waals surface area contributed by atoms with E-state index >= 15 is 0 Å². The van der Waals surface area contributed by atoms with E-state index in [9.17, 15) is 19.2 Å². The highest BCUT2D eigenvalue weighted by atomic mass is 16.6. The van der Waals surface area contributed by atoms with Gasteiger partial charge in [0.15, 0.2) is 0 Å². The van der Waals surface area contributed by atoms with E-state index in [0.717, 1.165) is 16.7 Å². The molecule has 4 N–H and O–H groups in total. The fraction of sp³-hybridized carbons (Fsp3) is 0.467. The minimum absolute atomic E-state index is 0.415. The Bertz CT molecular complexity index is 1200. The predicted octanol–water partition coefficient (Wildman–Crippen LogP) is 4.69. The van der Waals surface area contributed by atoms with Crippen molar-refractivity contribution in [2.75, 3.05) is 5.32 Å². The Morgan fingerprint density at radius 2 is 1.64 bits per heavy atom. The number of alkyl carbamates (subject to hydrolysis) is 1. The first-order valence-corrected chi connectivity index (χ1v) is 13.2. The summed E-state index contributed by atoms with van der Waals surface area (Å²) in [5.74, 6) is -1.80. The van der Waals surface area contributed by atoms with Crippen molar-refractivity contribution in [3.8, 4) is 0 Å². The van der Waals surface area contributed by atoms with E-state index in [1.807, 2.05) is 71.0 Å². The molecule has 9 nitrogen and oxygen atoms in total. The molecule has 3 unspecified atom stereocenters. The van der Waals surface area contributed by atoms with Crippen LogP contribution < -0.4 is 16.4 Å². The van der Waals surface area contributed by atoms with Crippen LogP contribution in [0.4, 0.5) is 10.5 Å². The van der Waals surface area contributed by atoms with E-state index in [2.05, 4.69) is 10.6 Å². The highest BCUT2D eigenvalue weighted by molar-refractivity contribution is 6.00. The molecule has 2 aromatic carbocycles. The van der Waals surface area contributed by atoms with E-state index < -0.39 is 54.0 Å². The number of amides is 4. The highest BCUT2D eigenvalue weighted by Gasteiger charge is 2.39. The van der Waals surface area contributed by atoms with Gasteiger partial charge in [-0.05, 0) is 77.6 Å². The van der Waals surface area contributed by atoms with Gasteiger partial charge in [0.05, 0.1) is 6.42 Å². The van der Waals surface area contributed by atoms with Gasteiger partial charge in [0.1, 0.15) is 17.7 Å². The summed E-state index contributed by atoms with van der Waals surface area (Å²) in [6.07, 6.45) is -0.802. The monoisotopic (exact) mass is 538 g/mol. The normalized spacial score (nSPS) is 13.5. The fourth-order valence-electron chi connectivity index (χ4n) is 4.21. The van der Waals surface area contributed by atoms with E-state index in [1.165, 1.54) is 4.90 Å². The van der Waals surface area contributed by atoms with Gasteiger partial charge in [0, 0.05) is 11.7 Å². The number of para-hydroxylation sites is 1. The molecule has 0 aromatic heterocycles. The minimum atomic E-state index is -1.33. The molecule has 0 heterocycles. The summed E-state index contributed by atoms with van der Waals surface area (Å²) in [7, 11) is 0. The number of anilines is 1. The number of nitrogens with one attached hydrogen (secondary N) is 2. The molecule has 9 heteroatoms. The van der Waals surface area contributed by atoms with Gasteiger partial charge in [-0.2, -0.15) is 0 Å². The smallest absolute Gasteiger partial charge is 0.408 e. The SMILES string of the molecule is CCC(C)N(C(=O)C(CC(N)=O)NC(=O)OC(C)(C)C)C(C(=O)Nc1ccccc1C)c1cc(C)ccc1C. The second-order valence-corrected chi connectivity index (χ2v) is 10.9. The van der Waals surface area contributed by atoms with Gasteiger partial charge in [0.25, 0.3) is 5.91 Å². The first kappa shape index (κ1) is 31.3. The Morgan fingerprint density at radius 3 is 2.21 bits per heavy atom. The zero-order valence-corrected chi connectivity index (χ0v) is 24.3. The third-order valence-corrected chi connectivity index (χ3v) is 6.37. The van der Waals surface area contributed by atoms with Crippen molar-refractivity contribution in [1.82, 2.24) is 10.2 Å². The number of nitrogens with two attached hydrogens (primary N) is 1. The molecule has 2 rings (SSSR count). The summed E-state index contributed by atoms with van der Waals surface area (Å²) in [6, 6.07) is 10.3. The minimum Gasteiger partial charge on any atom is -0.444 e. The summed E-state index contributed by atoms with van der Waals surface area (Å²) < 4.78 is 5.33. The number of primary amides is 1. The van der Waals surface area contributed by atoms with Crippen molar-refractivity contribution in [3.05, 3.63) is 64.7 Å². The molecule has 3 atom stereocenters. The molecule has 0 spiro atoms. The number of carbonyl (C=O) groups excluding carboxylic acids is 4. The Hall–Kier alpha value is -3.88. The lowest BCUT2D eigenvalue weighted by molar-refractivity contribution is -0.144. The molecule has 0 aliphatic carbocycles. The van der Waals surface area contributed by atoms with Crippen molar-refractivity contribution >= 4 is 29.5 Å². The number of hydrogen-bond acceptors (Lipinski definition) is 5. The largest absolute Gasteiger partial charge is 0.444 e. The summed E-state index contributed by atoms with van der Waals surface area (Å²) in [6.45, 7) is 14.5. The molecule has 212 valence electrons. The van der Waals surface area contributed by atoms with Crippen LogP contribution in [0.1, 0.15) is 75.8 Å². The van der Waals surface area contributed by atoms with Gasteiger partial charge in [-0.15, -0.1) is 0 Å². The molecule has 0 bridgehead atoms. The van der Waals surface area contributed by atoms with Crippen LogP contribution in [0.5, 0.6) is 0 Å². The zero-order valence-electron chi connectivity index (χ0n) is 24.3. The van der Waals surface area contributed by atoms with Crippen LogP contribution in [0.3, 0.4) is 0 Å². The van der Waals surface area contributed by atoms with Gasteiger partial charge >= 0.3 is 6.09 Å². The lowest BCUT2D eigenvalue weighted by Crippen LogP contribution is -2.55. The number of ether oxygens (including phenoxy) is 1. The van der Waals surface area contributed by atoms with E-state index in [1.54, 1.807) is 26.8 Å². The van der Waals surface area contributed by atoms with Crippen LogP contribution >= 0.6 is 0 Å². The van der Waals surface area contributed by atoms with E-state index in [0.29, 0.717) is 17.7 Å². The average Bonchev–Trinajstić information content (AvgIpc) is 2.82. The summed E-state index contributed by atoms with van der Waals surface area (Å²) in [5.41, 5.74) is 8.51. The molecule has 0 radical (unpaired) electrons. The molecule has 2 aromatic rings. The number of carbonyl (C=O) groups is 4. The van der Waals surface area contributed by atoms with E-state index in [4.69, 9.17) is 10.5 Å². The quantitative estimate of drug-likeness (QED) is 0.404. The van der Waals surface area contributed by atoms with Crippen LogP contribution in [0.15, 0.2) is 42.5 Å². The molecule has 0 fully saturated rings. The van der Waals surface area contributed by atoms with Crippen LogP contribution in [0, 0.1) is 20.8 Å². The third-order valence-electron chi connectivity index (χ3n) is 6.37. The lowest BCUT2D eigenvalue weighted by atomic mass is 9.94. The molecule has 0 aliphatic heterocycles. The van der Waals surface area contributed by atoms with Crippen molar-refractivity contribution < 1.29 is 23.9 Å². The van der Waals surface area contributed by atoms with Crippen LogP contribution in [0.25, 0.3) is 0 Å². The lowest BCUT2D eigenvalue weighted by Gasteiger charge is -2.38. The number of aryl methyl sites for hydroxylation is 3. The average molecular weight is 539 g/mol. The zero-order chi connectivity index (χ0) is 29.5. The second-order valence-electron chi connectivity index (χ2n) is 10.9. The van der Waals surface area contributed by atoms with E-state index in [-0.39, 0.29) is 0 Å². The summed E-state index contributed by atoms with van der Waals surface area (Å²) in [5, 5.41) is 5.49. The number of rotatable bonds is 10. The maximum atomic E-state index is 14.2. The Morgan fingerprint density at radius 1 is 1.00 bits per heavy atom. The van der Waals surface area contributed by atoms with Gasteiger partial charge in [-0.1, -0.05) is 48.9 Å². The van der Waals surface area contributed by atoms with Gasteiger partial charge in [0.2, 0.25) is 11.8 Å². The number of nitrogens with zero attached hydrogens (tertiary/aromatic N) is 1. The van der Waals surface area contributed by atoms with Gasteiger partial charge in [-0.3, -0.25) is 14.4 Å². The fourth-order valence-corrected chi connectivity index (χ4v) is 4.21. The molecule has 39 heavy (non-hydrogen) atoms. The van der Waals surface area contributed by atoms with Gasteiger partial charge < -0.3 is 26.0 Å². The molecule has 0 saturated carbocycles. The van der Waals surface area contributed by atoms with Crippen LogP contribution in [-0.2, 0) is 19.1 Å². The van der Waals surface area contributed by atoms with Crippen molar-refractivity contribution in [1.29, 1.82) is 0 Å². The molecule has 0 saturated heterocycles. The number of hydrogen-bond donors (Lipinski definition) is 3. The van der Waals surface area contributed by atoms with Crippen LogP contribution in [0.2, 0.25) is 0 Å². The van der Waals surface area contributed by atoms with Crippen LogP contribution in [-0.4, -0.2) is 46.4 Å². The Kier molecular flexibility index (Phi) is 10.7. The predicted molar refractivity (Wildman–Crippen MR) is 152 cm³/mol. The standard InChI is InChI=1S/C30H42N4O5/c1-9-21(5)34(28(37)24(17-25(31)35)33-29(38)39-30(6,7)8)26(22-16-18(2)14-15-19(22)3)27(36)32-23-13-11-10-12-20(23)4/h10-16,21,24,26H,9,17H2,1-8H3,(H2,31,35)(H,32,36)(H,33,38). The maximum Gasteiger partial charge on any atom is 0.408 e. The number of benzene rings is 2. The first-order chi connectivity index (χ1) is 18.1. The third kappa shape index (κ3) is 8.84. The Balaban J connectivity index is 2.65. The summed E-state index contributed by atoms with van der Waals surface area (Å²) in [4.78, 5) is 54.3. The highest BCUT2D eigenvalue weighted by Crippen LogP contribution is 2.31. The first-order valence-electron chi connectivity index (χ1n) is 13.2. The second kappa shape index (κ2) is 13.3.